The fraction of sp³-hybridized carbons (Fsp3) is 0.778. The molecule has 0 saturated heterocycles. The van der Waals surface area contributed by atoms with Crippen LogP contribution in [0.25, 0.3) is 0 Å². The zero-order chi connectivity index (χ0) is 15.9. The Balaban J connectivity index is 2.27. The maximum absolute atomic E-state index is 3.67. The quantitative estimate of drug-likeness (QED) is 0.714. The van der Waals surface area contributed by atoms with Gasteiger partial charge >= 0.3 is 0 Å². The summed E-state index contributed by atoms with van der Waals surface area (Å²) in [5.74, 6) is 0. The fourth-order valence-electron chi connectivity index (χ4n) is 2.41. The van der Waals surface area contributed by atoms with Gasteiger partial charge in [-0.15, -0.1) is 11.3 Å². The molecule has 21 heavy (non-hydrogen) atoms. The van der Waals surface area contributed by atoms with Crippen LogP contribution in [0.2, 0.25) is 0 Å². The highest BCUT2D eigenvalue weighted by Crippen LogP contribution is 2.29. The third-order valence-electron chi connectivity index (χ3n) is 4.03. The van der Waals surface area contributed by atoms with Gasteiger partial charge in [0.15, 0.2) is 0 Å². The van der Waals surface area contributed by atoms with Crippen LogP contribution < -0.4 is 5.32 Å². The van der Waals surface area contributed by atoms with Crippen LogP contribution in [0, 0.1) is 0 Å². The number of rotatable bonds is 9. The zero-order valence-corrected chi connectivity index (χ0v) is 15.6. The average molecular weight is 311 g/mol. The van der Waals surface area contributed by atoms with Crippen molar-refractivity contribution in [1.29, 1.82) is 0 Å². The summed E-state index contributed by atoms with van der Waals surface area (Å²) in [5, 5.41) is 3.67. The Bertz CT molecular complexity index is 388. The number of nitrogens with zero attached hydrogens (tertiary/aromatic N) is 1. The van der Waals surface area contributed by atoms with Crippen molar-refractivity contribution in [1.82, 2.24) is 10.2 Å². The minimum Gasteiger partial charge on any atom is -0.309 e. The van der Waals surface area contributed by atoms with Crippen LogP contribution in [0.5, 0.6) is 0 Å². The van der Waals surface area contributed by atoms with Gasteiger partial charge < -0.3 is 10.2 Å². The molecule has 1 rings (SSSR count). The van der Waals surface area contributed by atoms with E-state index in [2.05, 4.69) is 63.9 Å². The van der Waals surface area contributed by atoms with Crippen LogP contribution >= 0.6 is 11.3 Å². The van der Waals surface area contributed by atoms with Crippen LogP contribution in [0.3, 0.4) is 0 Å². The van der Waals surface area contributed by atoms with E-state index in [0.29, 0.717) is 6.04 Å². The van der Waals surface area contributed by atoms with Crippen molar-refractivity contribution in [2.75, 3.05) is 19.6 Å². The van der Waals surface area contributed by atoms with Crippen LogP contribution in [0.4, 0.5) is 0 Å². The number of nitrogens with one attached hydrogen (secondary N) is 1. The number of hydrogen-bond acceptors (Lipinski definition) is 3. The maximum atomic E-state index is 3.67. The summed E-state index contributed by atoms with van der Waals surface area (Å²) >= 11 is 1.95. The highest BCUT2D eigenvalue weighted by atomic mass is 32.1. The Morgan fingerprint density at radius 3 is 2.38 bits per heavy atom. The van der Waals surface area contributed by atoms with Crippen molar-refractivity contribution in [2.45, 2.75) is 72.4 Å². The molecule has 0 aliphatic carbocycles. The lowest BCUT2D eigenvalue weighted by Crippen LogP contribution is -2.28. The predicted molar refractivity (Wildman–Crippen MR) is 96.3 cm³/mol. The normalized spacial score (nSPS) is 13.9. The number of hydrogen-bond donors (Lipinski definition) is 1. The van der Waals surface area contributed by atoms with E-state index in [9.17, 15) is 0 Å². The maximum Gasteiger partial charge on any atom is 0.0302 e. The van der Waals surface area contributed by atoms with E-state index in [1.54, 1.807) is 0 Å². The Morgan fingerprint density at radius 2 is 1.86 bits per heavy atom. The summed E-state index contributed by atoms with van der Waals surface area (Å²) in [5.41, 5.74) is 0.276. The molecule has 1 aromatic rings. The summed E-state index contributed by atoms with van der Waals surface area (Å²) in [6, 6.07) is 5.16. The molecule has 1 heterocycles. The van der Waals surface area contributed by atoms with E-state index >= 15 is 0 Å². The third-order valence-corrected chi connectivity index (χ3v) is 5.54. The molecule has 3 heteroatoms. The summed E-state index contributed by atoms with van der Waals surface area (Å²) in [4.78, 5) is 5.44. The molecule has 0 aromatic carbocycles. The Hall–Kier alpha value is -0.380. The standard InChI is InChI=1S/C18H34N2S/c1-7-20(8-2)13-9-10-15(3)19-14-16-11-12-17(21-16)18(4,5)6/h11-12,15,19H,7-10,13-14H2,1-6H3. The smallest absolute Gasteiger partial charge is 0.0302 e. The van der Waals surface area contributed by atoms with Gasteiger partial charge in [-0.2, -0.15) is 0 Å². The van der Waals surface area contributed by atoms with Crippen molar-refractivity contribution in [3.8, 4) is 0 Å². The van der Waals surface area contributed by atoms with Gasteiger partial charge in [-0.3, -0.25) is 0 Å². The van der Waals surface area contributed by atoms with E-state index in [1.165, 1.54) is 42.2 Å². The molecule has 1 unspecified atom stereocenters. The summed E-state index contributed by atoms with van der Waals surface area (Å²) < 4.78 is 0. The second kappa shape index (κ2) is 8.92. The minimum atomic E-state index is 0.276. The monoisotopic (exact) mass is 310 g/mol. The van der Waals surface area contributed by atoms with Crippen LogP contribution in [0.15, 0.2) is 12.1 Å². The first kappa shape index (κ1) is 18.7. The first-order chi connectivity index (χ1) is 9.86. The van der Waals surface area contributed by atoms with E-state index in [4.69, 9.17) is 0 Å². The van der Waals surface area contributed by atoms with Gasteiger partial charge in [-0.1, -0.05) is 34.6 Å². The molecule has 1 atom stereocenters. The van der Waals surface area contributed by atoms with Crippen molar-refractivity contribution in [3.63, 3.8) is 0 Å². The lowest BCUT2D eigenvalue weighted by atomic mass is 9.95. The van der Waals surface area contributed by atoms with Gasteiger partial charge in [0.05, 0.1) is 0 Å². The Labute approximate surface area is 135 Å². The highest BCUT2D eigenvalue weighted by molar-refractivity contribution is 7.12. The largest absolute Gasteiger partial charge is 0.309 e. The van der Waals surface area contributed by atoms with Crippen LogP contribution in [-0.2, 0) is 12.0 Å². The number of thiophene rings is 1. The summed E-state index contributed by atoms with van der Waals surface area (Å²) in [6.45, 7) is 18.2. The molecule has 0 spiro atoms. The predicted octanol–water partition coefficient (Wildman–Crippen LogP) is 4.65. The summed E-state index contributed by atoms with van der Waals surface area (Å²) in [6.07, 6.45) is 2.54. The van der Waals surface area contributed by atoms with Crippen LogP contribution in [0.1, 0.15) is 64.1 Å². The topological polar surface area (TPSA) is 15.3 Å². The van der Waals surface area contributed by atoms with Crippen molar-refractivity contribution in [2.24, 2.45) is 0 Å². The SMILES string of the molecule is CCN(CC)CCCC(C)NCc1ccc(C(C)(C)C)s1. The Kier molecular flexibility index (Phi) is 7.93. The first-order valence-electron chi connectivity index (χ1n) is 8.41. The molecule has 0 fully saturated rings. The molecule has 0 radical (unpaired) electrons. The van der Waals surface area contributed by atoms with Gasteiger partial charge in [0.2, 0.25) is 0 Å². The molecule has 0 bridgehead atoms. The summed E-state index contributed by atoms with van der Waals surface area (Å²) in [7, 11) is 0. The lowest BCUT2D eigenvalue weighted by Gasteiger charge is -2.19. The molecular weight excluding hydrogens is 276 g/mol. The molecule has 0 saturated carbocycles. The molecular formula is C18H34N2S. The van der Waals surface area contributed by atoms with Crippen LogP contribution in [-0.4, -0.2) is 30.6 Å². The molecule has 122 valence electrons. The molecule has 0 aliphatic heterocycles. The van der Waals surface area contributed by atoms with Crippen molar-refractivity contribution >= 4 is 11.3 Å². The second-order valence-electron chi connectivity index (χ2n) is 6.97. The van der Waals surface area contributed by atoms with Gasteiger partial charge in [0, 0.05) is 22.3 Å². The van der Waals surface area contributed by atoms with E-state index in [-0.39, 0.29) is 5.41 Å². The Morgan fingerprint density at radius 1 is 1.19 bits per heavy atom. The molecule has 0 amide bonds. The average Bonchev–Trinajstić information content (AvgIpc) is 2.90. The van der Waals surface area contributed by atoms with E-state index in [1.807, 2.05) is 11.3 Å². The highest BCUT2D eigenvalue weighted by Gasteiger charge is 2.16. The second-order valence-corrected chi connectivity index (χ2v) is 8.14. The molecule has 1 aromatic heterocycles. The molecule has 0 aliphatic rings. The van der Waals surface area contributed by atoms with Gasteiger partial charge in [0.25, 0.3) is 0 Å². The zero-order valence-electron chi connectivity index (χ0n) is 14.8. The third kappa shape index (κ3) is 6.94. The van der Waals surface area contributed by atoms with Gasteiger partial charge in [-0.05, 0) is 56.9 Å². The fourth-order valence-corrected chi connectivity index (χ4v) is 3.43. The van der Waals surface area contributed by atoms with Crippen molar-refractivity contribution < 1.29 is 0 Å². The van der Waals surface area contributed by atoms with Crippen molar-refractivity contribution in [3.05, 3.63) is 21.9 Å². The molecule has 2 nitrogen and oxygen atoms in total. The van der Waals surface area contributed by atoms with E-state index < -0.39 is 0 Å². The minimum absolute atomic E-state index is 0.276. The van der Waals surface area contributed by atoms with Gasteiger partial charge in [-0.25, -0.2) is 0 Å². The first-order valence-corrected chi connectivity index (χ1v) is 9.23. The lowest BCUT2D eigenvalue weighted by molar-refractivity contribution is 0.290. The van der Waals surface area contributed by atoms with Gasteiger partial charge in [0.1, 0.15) is 0 Å². The molecule has 1 N–H and O–H groups in total. The van der Waals surface area contributed by atoms with E-state index in [0.717, 1.165) is 6.54 Å².